The molecule has 102 valence electrons. The quantitative estimate of drug-likeness (QED) is 0.864. The first-order valence-electron chi connectivity index (χ1n) is 6.29. The third-order valence-electron chi connectivity index (χ3n) is 3.04. The molecule has 0 aliphatic carbocycles. The Morgan fingerprint density at radius 3 is 3.16 bits per heavy atom. The minimum Gasteiger partial charge on any atom is -0.340 e. The van der Waals surface area contributed by atoms with Gasteiger partial charge in [0.15, 0.2) is 0 Å². The molecule has 2 heterocycles. The fourth-order valence-corrected chi connectivity index (χ4v) is 4.11. The Bertz CT molecular complexity index is 495. The molecule has 1 amide bonds. The Balaban J connectivity index is 1.92. The van der Waals surface area contributed by atoms with E-state index in [0.29, 0.717) is 13.1 Å². The van der Waals surface area contributed by atoms with Gasteiger partial charge in [0.25, 0.3) is 0 Å². The summed E-state index contributed by atoms with van der Waals surface area (Å²) in [4.78, 5) is 15.2. The number of hydrogen-bond donors (Lipinski definition) is 1. The molecule has 19 heavy (non-hydrogen) atoms. The van der Waals surface area contributed by atoms with Crippen molar-refractivity contribution in [3.05, 3.63) is 21.9 Å². The summed E-state index contributed by atoms with van der Waals surface area (Å²) in [5, 5.41) is 2.02. The highest BCUT2D eigenvalue weighted by molar-refractivity contribution is 7.99. The van der Waals surface area contributed by atoms with Gasteiger partial charge >= 0.3 is 0 Å². The number of carbonyl (C=O) groups is 1. The molecule has 0 radical (unpaired) electrons. The van der Waals surface area contributed by atoms with Crippen LogP contribution >= 0.6 is 23.1 Å². The standard InChI is InChI=1S/C14H18N2OS2/c1-16(14(17)12-4-6-18-10-12)8-13-7-11(9-19-13)3-2-5-15/h7,9,12H,4-6,8,10,15H2,1H3. The number of rotatable bonds is 3. The molecule has 2 N–H and O–H groups in total. The second kappa shape index (κ2) is 6.99. The fraction of sp³-hybridized carbons (Fsp3) is 0.500. The van der Waals surface area contributed by atoms with Crippen LogP contribution in [0, 0.1) is 17.8 Å². The van der Waals surface area contributed by atoms with Gasteiger partial charge in [-0.25, -0.2) is 0 Å². The van der Waals surface area contributed by atoms with Crippen molar-refractivity contribution in [2.75, 3.05) is 25.1 Å². The topological polar surface area (TPSA) is 46.3 Å². The average Bonchev–Trinajstić information content (AvgIpc) is 3.06. The van der Waals surface area contributed by atoms with Crippen molar-refractivity contribution < 1.29 is 4.79 Å². The number of carbonyl (C=O) groups excluding carboxylic acids is 1. The molecule has 1 aromatic heterocycles. The zero-order chi connectivity index (χ0) is 13.7. The van der Waals surface area contributed by atoms with E-state index in [9.17, 15) is 4.79 Å². The minimum absolute atomic E-state index is 0.214. The van der Waals surface area contributed by atoms with E-state index in [-0.39, 0.29) is 11.8 Å². The fourth-order valence-electron chi connectivity index (χ4n) is 2.03. The van der Waals surface area contributed by atoms with Gasteiger partial charge in [0.2, 0.25) is 5.91 Å². The van der Waals surface area contributed by atoms with E-state index in [1.807, 2.05) is 35.2 Å². The van der Waals surface area contributed by atoms with E-state index in [4.69, 9.17) is 5.73 Å². The van der Waals surface area contributed by atoms with Gasteiger partial charge in [-0.15, -0.1) is 11.3 Å². The van der Waals surface area contributed by atoms with E-state index in [1.165, 1.54) is 4.88 Å². The normalized spacial score (nSPS) is 17.9. The number of thioether (sulfide) groups is 1. The second-order valence-electron chi connectivity index (χ2n) is 4.56. The molecule has 1 unspecified atom stereocenters. The monoisotopic (exact) mass is 294 g/mol. The zero-order valence-corrected chi connectivity index (χ0v) is 12.6. The van der Waals surface area contributed by atoms with Gasteiger partial charge in [-0.3, -0.25) is 4.79 Å². The Labute approximate surface area is 122 Å². The van der Waals surface area contributed by atoms with Gasteiger partial charge < -0.3 is 10.6 Å². The van der Waals surface area contributed by atoms with Gasteiger partial charge in [-0.1, -0.05) is 11.8 Å². The molecule has 1 aliphatic rings. The third-order valence-corrected chi connectivity index (χ3v) is 5.12. The lowest BCUT2D eigenvalue weighted by Gasteiger charge is -2.19. The SMILES string of the molecule is CN(Cc1cc(C#CCN)cs1)C(=O)C1CCSC1. The lowest BCUT2D eigenvalue weighted by molar-refractivity contribution is -0.133. The molecule has 3 nitrogen and oxygen atoms in total. The number of amides is 1. The Kier molecular flexibility index (Phi) is 5.32. The molecule has 0 saturated carbocycles. The Morgan fingerprint density at radius 2 is 2.47 bits per heavy atom. The van der Waals surface area contributed by atoms with Crippen LogP contribution in [0.1, 0.15) is 16.9 Å². The maximum Gasteiger partial charge on any atom is 0.226 e. The third kappa shape index (κ3) is 4.00. The smallest absolute Gasteiger partial charge is 0.226 e. The lowest BCUT2D eigenvalue weighted by Crippen LogP contribution is -2.32. The van der Waals surface area contributed by atoms with Crippen molar-refractivity contribution >= 4 is 29.0 Å². The molecule has 1 aromatic rings. The average molecular weight is 294 g/mol. The van der Waals surface area contributed by atoms with Crippen LogP contribution in [-0.2, 0) is 11.3 Å². The van der Waals surface area contributed by atoms with E-state index in [0.717, 1.165) is 23.5 Å². The van der Waals surface area contributed by atoms with Crippen LogP contribution in [0.3, 0.4) is 0 Å². The summed E-state index contributed by atoms with van der Waals surface area (Å²) in [6.45, 7) is 1.05. The highest BCUT2D eigenvalue weighted by Gasteiger charge is 2.25. The summed E-state index contributed by atoms with van der Waals surface area (Å²) >= 11 is 3.52. The molecule has 2 rings (SSSR count). The zero-order valence-electron chi connectivity index (χ0n) is 11.0. The summed E-state index contributed by atoms with van der Waals surface area (Å²) in [6, 6.07) is 2.04. The molecular weight excluding hydrogens is 276 g/mol. The van der Waals surface area contributed by atoms with E-state index < -0.39 is 0 Å². The van der Waals surface area contributed by atoms with Crippen molar-refractivity contribution in [1.82, 2.24) is 4.90 Å². The number of hydrogen-bond acceptors (Lipinski definition) is 4. The van der Waals surface area contributed by atoms with Crippen molar-refractivity contribution in [1.29, 1.82) is 0 Å². The molecule has 0 bridgehead atoms. The van der Waals surface area contributed by atoms with Gasteiger partial charge in [-0.05, 0) is 18.2 Å². The van der Waals surface area contributed by atoms with Crippen LogP contribution in [0.2, 0.25) is 0 Å². The van der Waals surface area contributed by atoms with E-state index >= 15 is 0 Å². The molecule has 1 atom stereocenters. The predicted molar refractivity (Wildman–Crippen MR) is 82.2 cm³/mol. The number of nitrogens with two attached hydrogens (primary N) is 1. The molecular formula is C14H18N2OS2. The van der Waals surface area contributed by atoms with Crippen LogP contribution in [0.5, 0.6) is 0 Å². The van der Waals surface area contributed by atoms with Crippen molar-refractivity contribution in [3.63, 3.8) is 0 Å². The first-order valence-corrected chi connectivity index (χ1v) is 8.33. The van der Waals surface area contributed by atoms with Crippen LogP contribution in [0.4, 0.5) is 0 Å². The Morgan fingerprint density at radius 1 is 1.63 bits per heavy atom. The van der Waals surface area contributed by atoms with Gasteiger partial charge in [0.05, 0.1) is 13.1 Å². The maximum absolute atomic E-state index is 12.2. The van der Waals surface area contributed by atoms with Crippen LogP contribution in [0.25, 0.3) is 0 Å². The van der Waals surface area contributed by atoms with E-state index in [2.05, 4.69) is 11.8 Å². The highest BCUT2D eigenvalue weighted by atomic mass is 32.2. The maximum atomic E-state index is 12.2. The minimum atomic E-state index is 0.214. The summed E-state index contributed by atoms with van der Waals surface area (Å²) in [5.41, 5.74) is 6.34. The van der Waals surface area contributed by atoms with Crippen LogP contribution < -0.4 is 5.73 Å². The highest BCUT2D eigenvalue weighted by Crippen LogP contribution is 2.25. The number of nitrogens with zero attached hydrogens (tertiary/aromatic N) is 1. The van der Waals surface area contributed by atoms with E-state index in [1.54, 1.807) is 11.3 Å². The van der Waals surface area contributed by atoms with Gasteiger partial charge in [-0.2, -0.15) is 11.8 Å². The molecule has 0 spiro atoms. The Hall–Kier alpha value is -0.960. The van der Waals surface area contributed by atoms with Crippen molar-refractivity contribution in [2.45, 2.75) is 13.0 Å². The molecule has 1 fully saturated rings. The predicted octanol–water partition coefficient (Wildman–Crippen LogP) is 1.77. The summed E-state index contributed by atoms with van der Waals surface area (Å²) in [7, 11) is 1.89. The lowest BCUT2D eigenvalue weighted by atomic mass is 10.1. The summed E-state index contributed by atoms with van der Waals surface area (Å²) in [6.07, 6.45) is 1.02. The van der Waals surface area contributed by atoms with Gasteiger partial charge in [0.1, 0.15) is 0 Å². The van der Waals surface area contributed by atoms with Crippen LogP contribution in [-0.4, -0.2) is 35.9 Å². The number of thiophene rings is 1. The van der Waals surface area contributed by atoms with Crippen LogP contribution in [0.15, 0.2) is 11.4 Å². The second-order valence-corrected chi connectivity index (χ2v) is 6.71. The van der Waals surface area contributed by atoms with Crippen molar-refractivity contribution in [2.24, 2.45) is 11.7 Å². The first kappa shape index (κ1) is 14.4. The summed E-state index contributed by atoms with van der Waals surface area (Å²) < 4.78 is 0. The molecule has 5 heteroatoms. The van der Waals surface area contributed by atoms with Crippen molar-refractivity contribution in [3.8, 4) is 11.8 Å². The molecule has 1 saturated heterocycles. The van der Waals surface area contributed by atoms with Gasteiger partial charge in [0, 0.05) is 34.5 Å². The molecule has 1 aliphatic heterocycles. The largest absolute Gasteiger partial charge is 0.340 e. The molecule has 0 aromatic carbocycles. The summed E-state index contributed by atoms with van der Waals surface area (Å²) in [5.74, 6) is 8.42. The first-order chi connectivity index (χ1) is 9.20.